The molecular weight excluding hydrogens is 206 g/mol. The van der Waals surface area contributed by atoms with Gasteiger partial charge < -0.3 is 15.8 Å². The Morgan fingerprint density at radius 2 is 2.19 bits per heavy atom. The van der Waals surface area contributed by atoms with Crippen LogP contribution in [0.25, 0.3) is 0 Å². The third-order valence-corrected chi connectivity index (χ3v) is 1.90. The molecule has 0 aliphatic rings. The van der Waals surface area contributed by atoms with Crippen LogP contribution in [0, 0.1) is 0 Å². The van der Waals surface area contributed by atoms with Gasteiger partial charge in [-0.1, -0.05) is 0 Å². The fourth-order valence-corrected chi connectivity index (χ4v) is 1.15. The number of ether oxygens (including phenoxy) is 1. The maximum Gasteiger partial charge on any atom is 0.260 e. The van der Waals surface area contributed by atoms with E-state index in [0.717, 1.165) is 0 Å². The molecule has 5 nitrogen and oxygen atoms in total. The number of amides is 1. The maximum absolute atomic E-state index is 11.6. The van der Waals surface area contributed by atoms with Gasteiger partial charge in [0.15, 0.2) is 17.7 Å². The molecule has 1 amide bonds. The number of hydrogen-bond donors (Lipinski definition) is 2. The van der Waals surface area contributed by atoms with Gasteiger partial charge in [-0.05, 0) is 32.9 Å². The van der Waals surface area contributed by atoms with E-state index < -0.39 is 6.10 Å². The molecule has 0 aliphatic carbocycles. The van der Waals surface area contributed by atoms with Crippen molar-refractivity contribution in [1.82, 2.24) is 10.3 Å². The number of nitrogen functional groups attached to an aromatic ring is 1. The number of hydrogen-bond acceptors (Lipinski definition) is 4. The molecule has 1 unspecified atom stereocenters. The summed E-state index contributed by atoms with van der Waals surface area (Å²) < 4.78 is 5.41. The van der Waals surface area contributed by atoms with Crippen molar-refractivity contribution in [2.75, 3.05) is 5.73 Å². The second-order valence-corrected chi connectivity index (χ2v) is 3.81. The molecule has 5 heteroatoms. The van der Waals surface area contributed by atoms with E-state index in [1.54, 1.807) is 25.3 Å². The van der Waals surface area contributed by atoms with Gasteiger partial charge in [-0.2, -0.15) is 0 Å². The van der Waals surface area contributed by atoms with Crippen LogP contribution in [-0.2, 0) is 4.79 Å². The van der Waals surface area contributed by atoms with Crippen LogP contribution >= 0.6 is 0 Å². The van der Waals surface area contributed by atoms with E-state index in [4.69, 9.17) is 10.5 Å². The molecule has 0 aliphatic heterocycles. The number of rotatable bonds is 4. The summed E-state index contributed by atoms with van der Waals surface area (Å²) in [6, 6.07) is 3.48. The summed E-state index contributed by atoms with van der Waals surface area (Å²) in [5.74, 6) is 0.541. The van der Waals surface area contributed by atoms with Crippen molar-refractivity contribution in [1.29, 1.82) is 0 Å². The van der Waals surface area contributed by atoms with Crippen LogP contribution in [0.5, 0.6) is 5.75 Å². The molecule has 0 saturated carbocycles. The monoisotopic (exact) mass is 223 g/mol. The minimum Gasteiger partial charge on any atom is -0.477 e. The minimum atomic E-state index is -0.589. The van der Waals surface area contributed by atoms with Crippen LogP contribution in [0.4, 0.5) is 5.82 Å². The van der Waals surface area contributed by atoms with E-state index in [1.165, 1.54) is 0 Å². The average molecular weight is 223 g/mol. The Labute approximate surface area is 95.0 Å². The summed E-state index contributed by atoms with van der Waals surface area (Å²) in [4.78, 5) is 15.4. The van der Waals surface area contributed by atoms with Crippen molar-refractivity contribution < 1.29 is 9.53 Å². The highest BCUT2D eigenvalue weighted by Crippen LogP contribution is 2.18. The summed E-state index contributed by atoms with van der Waals surface area (Å²) in [6.45, 7) is 5.45. The predicted molar refractivity (Wildman–Crippen MR) is 62.0 cm³/mol. The van der Waals surface area contributed by atoms with Gasteiger partial charge in [-0.15, -0.1) is 0 Å². The average Bonchev–Trinajstić information content (AvgIpc) is 2.20. The lowest BCUT2D eigenvalue weighted by Gasteiger charge is -2.16. The van der Waals surface area contributed by atoms with Gasteiger partial charge in [0.2, 0.25) is 0 Å². The Morgan fingerprint density at radius 3 is 2.75 bits per heavy atom. The molecule has 1 rings (SSSR count). The van der Waals surface area contributed by atoms with Crippen molar-refractivity contribution in [3.63, 3.8) is 0 Å². The number of carbonyl (C=O) groups excluding carboxylic acids is 1. The van der Waals surface area contributed by atoms with Crippen LogP contribution in [0.2, 0.25) is 0 Å². The normalized spacial score (nSPS) is 12.2. The van der Waals surface area contributed by atoms with Gasteiger partial charge >= 0.3 is 0 Å². The first kappa shape index (κ1) is 12.3. The first-order chi connectivity index (χ1) is 7.50. The van der Waals surface area contributed by atoms with Gasteiger partial charge in [-0.25, -0.2) is 4.98 Å². The van der Waals surface area contributed by atoms with Gasteiger partial charge in [0, 0.05) is 12.2 Å². The molecule has 0 aromatic carbocycles. The third-order valence-electron chi connectivity index (χ3n) is 1.90. The number of nitrogens with two attached hydrogens (primary N) is 1. The third kappa shape index (κ3) is 3.42. The number of carbonyl (C=O) groups is 1. The van der Waals surface area contributed by atoms with E-state index >= 15 is 0 Å². The van der Waals surface area contributed by atoms with E-state index in [1.807, 2.05) is 13.8 Å². The molecule has 1 aromatic heterocycles. The highest BCUT2D eigenvalue weighted by molar-refractivity contribution is 5.81. The fraction of sp³-hybridized carbons (Fsp3) is 0.455. The number of nitrogens with zero attached hydrogens (tertiary/aromatic N) is 1. The Bertz CT molecular complexity index is 366. The zero-order valence-electron chi connectivity index (χ0n) is 9.73. The lowest BCUT2D eigenvalue weighted by Crippen LogP contribution is -2.40. The van der Waals surface area contributed by atoms with Gasteiger partial charge in [0.1, 0.15) is 0 Å². The Morgan fingerprint density at radius 1 is 1.50 bits per heavy atom. The molecule has 3 N–H and O–H groups in total. The number of pyridine rings is 1. The first-order valence-electron chi connectivity index (χ1n) is 5.18. The molecule has 16 heavy (non-hydrogen) atoms. The molecule has 1 atom stereocenters. The predicted octanol–water partition coefficient (Wildman–Crippen LogP) is 0.956. The van der Waals surface area contributed by atoms with Crippen molar-refractivity contribution in [3.05, 3.63) is 18.3 Å². The lowest BCUT2D eigenvalue weighted by molar-refractivity contribution is -0.127. The summed E-state index contributed by atoms with van der Waals surface area (Å²) in [6.07, 6.45) is 0.982. The molecule has 1 aromatic rings. The van der Waals surface area contributed by atoms with Crippen LogP contribution in [0.3, 0.4) is 0 Å². The molecule has 1 heterocycles. The molecule has 0 bridgehead atoms. The van der Waals surface area contributed by atoms with Gasteiger partial charge in [0.25, 0.3) is 5.91 Å². The smallest absolute Gasteiger partial charge is 0.260 e. The zero-order chi connectivity index (χ0) is 12.1. The SMILES string of the molecule is CC(C)NC(=O)C(C)Oc1cccnc1N. The summed E-state index contributed by atoms with van der Waals surface area (Å²) >= 11 is 0. The zero-order valence-corrected chi connectivity index (χ0v) is 9.73. The maximum atomic E-state index is 11.6. The van der Waals surface area contributed by atoms with E-state index in [9.17, 15) is 4.79 Å². The Kier molecular flexibility index (Phi) is 4.10. The van der Waals surface area contributed by atoms with Crippen molar-refractivity contribution in [3.8, 4) is 5.75 Å². The number of anilines is 1. The van der Waals surface area contributed by atoms with E-state index in [2.05, 4.69) is 10.3 Å². The van der Waals surface area contributed by atoms with Crippen LogP contribution < -0.4 is 15.8 Å². The van der Waals surface area contributed by atoms with Crippen LogP contribution in [-0.4, -0.2) is 23.0 Å². The highest BCUT2D eigenvalue weighted by Gasteiger charge is 2.16. The molecule has 88 valence electrons. The molecular formula is C11H17N3O2. The highest BCUT2D eigenvalue weighted by atomic mass is 16.5. The minimum absolute atomic E-state index is 0.0878. The van der Waals surface area contributed by atoms with Crippen LogP contribution in [0.1, 0.15) is 20.8 Å². The Balaban J connectivity index is 2.61. The fourth-order valence-electron chi connectivity index (χ4n) is 1.15. The van der Waals surface area contributed by atoms with E-state index in [0.29, 0.717) is 5.75 Å². The number of aromatic nitrogens is 1. The quantitative estimate of drug-likeness (QED) is 0.797. The van der Waals surface area contributed by atoms with Crippen molar-refractivity contribution in [2.24, 2.45) is 0 Å². The largest absolute Gasteiger partial charge is 0.477 e. The summed E-state index contributed by atoms with van der Waals surface area (Å²) in [7, 11) is 0. The molecule has 0 radical (unpaired) electrons. The van der Waals surface area contributed by atoms with Crippen molar-refractivity contribution >= 4 is 11.7 Å². The number of nitrogens with one attached hydrogen (secondary N) is 1. The summed E-state index contributed by atoms with van der Waals surface area (Å²) in [5.41, 5.74) is 5.60. The van der Waals surface area contributed by atoms with Crippen LogP contribution in [0.15, 0.2) is 18.3 Å². The first-order valence-corrected chi connectivity index (χ1v) is 5.18. The summed E-state index contributed by atoms with van der Waals surface area (Å²) in [5, 5.41) is 2.76. The lowest BCUT2D eigenvalue weighted by atomic mass is 10.3. The van der Waals surface area contributed by atoms with Gasteiger partial charge in [-0.3, -0.25) is 4.79 Å². The molecule has 0 spiro atoms. The second kappa shape index (κ2) is 5.34. The van der Waals surface area contributed by atoms with Gasteiger partial charge in [0.05, 0.1) is 0 Å². The topological polar surface area (TPSA) is 77.2 Å². The van der Waals surface area contributed by atoms with Crippen molar-refractivity contribution in [2.45, 2.75) is 32.9 Å². The standard InChI is InChI=1S/C11H17N3O2/c1-7(2)14-11(15)8(3)16-9-5-4-6-13-10(9)12/h4-8H,1-3H3,(H2,12,13)(H,14,15). The second-order valence-electron chi connectivity index (χ2n) is 3.81. The Hall–Kier alpha value is -1.78. The van der Waals surface area contributed by atoms with E-state index in [-0.39, 0.29) is 17.8 Å². The molecule has 0 fully saturated rings. The molecule has 0 saturated heterocycles.